The molecule has 0 unspecified atom stereocenters. The average molecular weight is 364 g/mol. The third kappa shape index (κ3) is 3.05. The van der Waals surface area contributed by atoms with Crippen LogP contribution < -0.4 is 10.5 Å². The van der Waals surface area contributed by atoms with E-state index in [0.29, 0.717) is 22.6 Å². The zero-order chi connectivity index (χ0) is 18.1. The van der Waals surface area contributed by atoms with Crippen LogP contribution in [0.1, 0.15) is 0 Å². The molecule has 0 radical (unpaired) electrons. The van der Waals surface area contributed by atoms with E-state index in [9.17, 15) is 9.90 Å². The van der Waals surface area contributed by atoms with Gasteiger partial charge in [0.05, 0.1) is 15.9 Å². The van der Waals surface area contributed by atoms with Gasteiger partial charge in [-0.3, -0.25) is 0 Å². The van der Waals surface area contributed by atoms with Gasteiger partial charge in [0.15, 0.2) is 5.82 Å². The summed E-state index contributed by atoms with van der Waals surface area (Å²) in [5.74, 6) is 0.715. The van der Waals surface area contributed by atoms with E-state index in [1.165, 1.54) is 17.5 Å². The van der Waals surface area contributed by atoms with E-state index in [0.717, 1.165) is 10.2 Å². The molecule has 0 aliphatic carbocycles. The molecule has 0 atom stereocenters. The smallest absolute Gasteiger partial charge is 0.411 e. The van der Waals surface area contributed by atoms with Gasteiger partial charge in [0.25, 0.3) is 0 Å². The highest BCUT2D eigenvalue weighted by Crippen LogP contribution is 2.33. The first-order chi connectivity index (χ1) is 12.6. The maximum absolute atomic E-state index is 11.0. The van der Waals surface area contributed by atoms with Crippen molar-refractivity contribution < 1.29 is 14.6 Å². The van der Waals surface area contributed by atoms with Crippen molar-refractivity contribution in [3.63, 3.8) is 0 Å². The van der Waals surface area contributed by atoms with Crippen LogP contribution in [-0.4, -0.2) is 26.2 Å². The number of hydrogen-bond donors (Lipinski definition) is 2. The summed E-state index contributed by atoms with van der Waals surface area (Å²) in [6, 6.07) is 12.0. The number of primary amides is 1. The number of hydrogen-bond acceptors (Lipinski definition) is 7. The molecule has 0 saturated carbocycles. The van der Waals surface area contributed by atoms with Crippen LogP contribution in [0, 0.1) is 0 Å². The first kappa shape index (κ1) is 16.0. The summed E-state index contributed by atoms with van der Waals surface area (Å²) >= 11 is 1.51. The summed E-state index contributed by atoms with van der Waals surface area (Å²) in [5.41, 5.74) is 7.93. The molecule has 128 valence electrons. The van der Waals surface area contributed by atoms with Crippen LogP contribution in [0.15, 0.2) is 54.0 Å². The minimum absolute atomic E-state index is 0.0947. The van der Waals surface area contributed by atoms with Crippen LogP contribution in [0.5, 0.6) is 11.6 Å². The Hall–Kier alpha value is -3.52. The number of rotatable bonds is 3. The first-order valence-corrected chi connectivity index (χ1v) is 8.46. The molecule has 1 aromatic carbocycles. The minimum Gasteiger partial charge on any atom is -0.508 e. The van der Waals surface area contributed by atoms with Crippen molar-refractivity contribution in [1.29, 1.82) is 0 Å². The summed E-state index contributed by atoms with van der Waals surface area (Å²) < 4.78 is 5.75. The average Bonchev–Trinajstić information content (AvgIpc) is 3.09. The molecule has 8 heteroatoms. The quantitative estimate of drug-likeness (QED) is 0.575. The van der Waals surface area contributed by atoms with E-state index in [1.807, 2.05) is 17.5 Å². The van der Waals surface area contributed by atoms with E-state index in [2.05, 4.69) is 15.0 Å². The Morgan fingerprint density at radius 2 is 2.00 bits per heavy atom. The van der Waals surface area contributed by atoms with E-state index in [1.54, 1.807) is 30.3 Å². The van der Waals surface area contributed by atoms with Crippen LogP contribution in [0.3, 0.4) is 0 Å². The van der Waals surface area contributed by atoms with Crippen LogP contribution in [0.4, 0.5) is 4.79 Å². The number of fused-ring (bicyclic) bond motifs is 1. The van der Waals surface area contributed by atoms with Crippen molar-refractivity contribution in [2.45, 2.75) is 0 Å². The number of pyridine rings is 1. The van der Waals surface area contributed by atoms with E-state index < -0.39 is 6.09 Å². The van der Waals surface area contributed by atoms with Gasteiger partial charge in [0.1, 0.15) is 5.75 Å². The molecule has 3 aromatic heterocycles. The zero-order valence-electron chi connectivity index (χ0n) is 13.3. The molecule has 4 aromatic rings. The number of phenols is 1. The number of ether oxygens (including phenoxy) is 1. The van der Waals surface area contributed by atoms with E-state index in [-0.39, 0.29) is 11.6 Å². The molecule has 26 heavy (non-hydrogen) atoms. The molecule has 0 saturated heterocycles. The molecule has 0 aliphatic heterocycles. The Labute approximate surface area is 151 Å². The molecule has 3 N–H and O–H groups in total. The lowest BCUT2D eigenvalue weighted by Gasteiger charge is -2.08. The number of nitrogens with zero attached hydrogens (tertiary/aromatic N) is 3. The summed E-state index contributed by atoms with van der Waals surface area (Å²) in [5, 5.41) is 11.7. The lowest BCUT2D eigenvalue weighted by Crippen LogP contribution is -2.16. The highest BCUT2D eigenvalue weighted by molar-refractivity contribution is 7.17. The third-order valence-electron chi connectivity index (χ3n) is 3.62. The highest BCUT2D eigenvalue weighted by Gasteiger charge is 2.14. The second-order valence-electron chi connectivity index (χ2n) is 5.38. The fourth-order valence-electron chi connectivity index (χ4n) is 2.55. The lowest BCUT2D eigenvalue weighted by atomic mass is 10.1. The van der Waals surface area contributed by atoms with Crippen LogP contribution >= 0.6 is 11.3 Å². The SMILES string of the molecule is NC(=O)Oc1cc(-c2nc(-c3cccc(O)c3)nc3ccsc23)ccn1. The van der Waals surface area contributed by atoms with E-state index >= 15 is 0 Å². The molecule has 1 amide bonds. The molecular weight excluding hydrogens is 352 g/mol. The number of thiophene rings is 1. The predicted octanol–water partition coefficient (Wildman–Crippen LogP) is 3.58. The van der Waals surface area contributed by atoms with Crippen molar-refractivity contribution in [3.8, 4) is 34.3 Å². The standard InChI is InChI=1S/C18H12N4O3S/c19-18(24)25-14-9-10(4-6-20-14)15-16-13(5-7-26-16)21-17(22-15)11-2-1-3-12(23)8-11/h1-9,23H,(H2,19,24). The van der Waals surface area contributed by atoms with Crippen molar-refractivity contribution in [1.82, 2.24) is 15.0 Å². The molecule has 0 aliphatic rings. The van der Waals surface area contributed by atoms with Crippen molar-refractivity contribution in [2.75, 3.05) is 0 Å². The van der Waals surface area contributed by atoms with Crippen molar-refractivity contribution >= 4 is 27.6 Å². The minimum atomic E-state index is -0.931. The van der Waals surface area contributed by atoms with Gasteiger partial charge in [0, 0.05) is 23.4 Å². The Bertz CT molecular complexity index is 1130. The normalized spacial score (nSPS) is 10.8. The Morgan fingerprint density at radius 3 is 2.81 bits per heavy atom. The largest absolute Gasteiger partial charge is 0.508 e. The van der Waals surface area contributed by atoms with Gasteiger partial charge in [-0.05, 0) is 29.6 Å². The Balaban J connectivity index is 1.89. The van der Waals surface area contributed by atoms with Crippen LogP contribution in [0.2, 0.25) is 0 Å². The van der Waals surface area contributed by atoms with Gasteiger partial charge < -0.3 is 15.6 Å². The number of carbonyl (C=O) groups is 1. The molecular formula is C18H12N4O3S. The Kier molecular flexibility index (Phi) is 3.94. The predicted molar refractivity (Wildman–Crippen MR) is 98.0 cm³/mol. The summed E-state index contributed by atoms with van der Waals surface area (Å²) in [4.78, 5) is 24.2. The van der Waals surface area contributed by atoms with Crippen molar-refractivity contribution in [3.05, 3.63) is 54.0 Å². The number of aromatic hydroxyl groups is 1. The second kappa shape index (κ2) is 6.41. The van der Waals surface area contributed by atoms with Gasteiger partial charge in [-0.25, -0.2) is 19.7 Å². The van der Waals surface area contributed by atoms with Crippen LogP contribution in [0.25, 0.3) is 32.9 Å². The first-order valence-electron chi connectivity index (χ1n) is 7.58. The topological polar surface area (TPSA) is 111 Å². The van der Waals surface area contributed by atoms with Gasteiger partial charge in [-0.15, -0.1) is 11.3 Å². The maximum Gasteiger partial charge on any atom is 0.411 e. The highest BCUT2D eigenvalue weighted by atomic mass is 32.1. The third-order valence-corrected chi connectivity index (χ3v) is 4.53. The molecule has 7 nitrogen and oxygen atoms in total. The molecule has 3 heterocycles. The molecule has 4 rings (SSSR count). The lowest BCUT2D eigenvalue weighted by molar-refractivity contribution is 0.209. The van der Waals surface area contributed by atoms with Gasteiger partial charge in [0.2, 0.25) is 5.88 Å². The number of aromatic nitrogens is 3. The fourth-order valence-corrected chi connectivity index (χ4v) is 3.39. The van der Waals surface area contributed by atoms with Crippen LogP contribution in [-0.2, 0) is 0 Å². The zero-order valence-corrected chi connectivity index (χ0v) is 14.1. The number of nitrogens with two attached hydrogens (primary N) is 1. The fraction of sp³-hybridized carbons (Fsp3) is 0. The van der Waals surface area contributed by atoms with Gasteiger partial charge in [-0.2, -0.15) is 0 Å². The van der Waals surface area contributed by atoms with Gasteiger partial charge in [-0.1, -0.05) is 12.1 Å². The summed E-state index contributed by atoms with van der Waals surface area (Å²) in [7, 11) is 0. The molecule has 0 spiro atoms. The second-order valence-corrected chi connectivity index (χ2v) is 6.30. The molecule has 0 fully saturated rings. The summed E-state index contributed by atoms with van der Waals surface area (Å²) in [6.07, 6.45) is 0.586. The number of amides is 1. The maximum atomic E-state index is 11.0. The van der Waals surface area contributed by atoms with E-state index in [4.69, 9.17) is 10.5 Å². The molecule has 0 bridgehead atoms. The number of carbonyl (C=O) groups excluding carboxylic acids is 1. The van der Waals surface area contributed by atoms with Crippen molar-refractivity contribution in [2.24, 2.45) is 5.73 Å². The number of phenolic OH excluding ortho intramolecular Hbond substituents is 1. The monoisotopic (exact) mass is 364 g/mol. The summed E-state index contributed by atoms with van der Waals surface area (Å²) in [6.45, 7) is 0. The number of benzene rings is 1. The Morgan fingerprint density at radius 1 is 1.12 bits per heavy atom. The van der Waals surface area contributed by atoms with Gasteiger partial charge >= 0.3 is 6.09 Å².